The maximum atomic E-state index is 12.1. The van der Waals surface area contributed by atoms with E-state index in [1.54, 1.807) is 12.4 Å². The van der Waals surface area contributed by atoms with Gasteiger partial charge in [-0.2, -0.15) is 5.10 Å². The molecule has 2 aromatic rings. The molecule has 7 heteroatoms. The minimum atomic E-state index is -0.467. The molecule has 2 aromatic heterocycles. The summed E-state index contributed by atoms with van der Waals surface area (Å²) in [5, 5.41) is 17.4. The summed E-state index contributed by atoms with van der Waals surface area (Å²) in [6.45, 7) is 3.53. The second-order valence-electron chi connectivity index (χ2n) is 6.58. The lowest BCUT2D eigenvalue weighted by Crippen LogP contribution is -2.39. The van der Waals surface area contributed by atoms with E-state index in [1.165, 1.54) is 0 Å². The van der Waals surface area contributed by atoms with E-state index in [1.807, 2.05) is 34.6 Å². The van der Waals surface area contributed by atoms with Crippen LogP contribution in [0.4, 0.5) is 0 Å². The maximum absolute atomic E-state index is 12.1. The van der Waals surface area contributed by atoms with Crippen LogP contribution in [0.2, 0.25) is 0 Å². The van der Waals surface area contributed by atoms with Crippen LogP contribution in [0.5, 0.6) is 0 Å². The van der Waals surface area contributed by atoms with Crippen LogP contribution in [0, 0.1) is 12.8 Å². The molecule has 0 spiro atoms. The lowest BCUT2D eigenvalue weighted by atomic mass is 10.1. The third-order valence-electron chi connectivity index (χ3n) is 4.70. The van der Waals surface area contributed by atoms with Gasteiger partial charge in [0.25, 0.3) is 0 Å². The van der Waals surface area contributed by atoms with Gasteiger partial charge in [0.1, 0.15) is 5.82 Å². The Morgan fingerprint density at radius 2 is 2.25 bits per heavy atom. The predicted octanol–water partition coefficient (Wildman–Crippen LogP) is 1.12. The SMILES string of the molecule is Cc1nccn1CCCC(=O)N[C@@H]1CC(Cn2cccn2)C[C@H]1O. The fraction of sp³-hybridized carbons (Fsp3) is 0.588. The summed E-state index contributed by atoms with van der Waals surface area (Å²) in [5.74, 6) is 1.32. The van der Waals surface area contributed by atoms with Crippen molar-refractivity contribution < 1.29 is 9.90 Å². The fourth-order valence-corrected chi connectivity index (χ4v) is 3.42. The molecule has 3 rings (SSSR count). The van der Waals surface area contributed by atoms with Crippen LogP contribution >= 0.6 is 0 Å². The molecule has 1 unspecified atom stereocenters. The molecule has 0 radical (unpaired) electrons. The summed E-state index contributed by atoms with van der Waals surface area (Å²) in [6, 6.07) is 1.75. The van der Waals surface area contributed by atoms with E-state index >= 15 is 0 Å². The molecule has 1 saturated carbocycles. The Morgan fingerprint density at radius 1 is 1.38 bits per heavy atom. The second-order valence-corrected chi connectivity index (χ2v) is 6.58. The number of amides is 1. The van der Waals surface area contributed by atoms with Gasteiger partial charge in [-0.05, 0) is 38.2 Å². The number of nitrogens with one attached hydrogen (secondary N) is 1. The molecule has 1 fully saturated rings. The Labute approximate surface area is 141 Å². The van der Waals surface area contributed by atoms with Gasteiger partial charge in [-0.25, -0.2) is 4.98 Å². The van der Waals surface area contributed by atoms with Gasteiger partial charge >= 0.3 is 0 Å². The van der Waals surface area contributed by atoms with E-state index in [-0.39, 0.29) is 11.9 Å². The number of hydrogen-bond acceptors (Lipinski definition) is 4. The number of hydrogen-bond donors (Lipinski definition) is 2. The number of carbonyl (C=O) groups excluding carboxylic acids is 1. The summed E-state index contributed by atoms with van der Waals surface area (Å²) in [6.07, 6.45) is 9.64. The molecule has 130 valence electrons. The van der Waals surface area contributed by atoms with Gasteiger partial charge in [-0.3, -0.25) is 9.48 Å². The van der Waals surface area contributed by atoms with Crippen LogP contribution in [-0.2, 0) is 17.9 Å². The number of aryl methyl sites for hydroxylation is 2. The molecule has 7 nitrogen and oxygen atoms in total. The molecular formula is C17H25N5O2. The average molecular weight is 331 g/mol. The van der Waals surface area contributed by atoms with Crippen LogP contribution in [0.25, 0.3) is 0 Å². The summed E-state index contributed by atoms with van der Waals surface area (Å²) in [7, 11) is 0. The van der Waals surface area contributed by atoms with Crippen molar-refractivity contribution in [3.05, 3.63) is 36.7 Å². The van der Waals surface area contributed by atoms with E-state index in [0.29, 0.717) is 18.8 Å². The van der Waals surface area contributed by atoms with Gasteiger partial charge in [0.05, 0.1) is 12.1 Å². The van der Waals surface area contributed by atoms with E-state index in [9.17, 15) is 9.90 Å². The zero-order chi connectivity index (χ0) is 16.9. The van der Waals surface area contributed by atoms with Crippen molar-refractivity contribution in [2.24, 2.45) is 5.92 Å². The van der Waals surface area contributed by atoms with Crippen LogP contribution in [0.1, 0.15) is 31.5 Å². The van der Waals surface area contributed by atoms with Crippen LogP contribution in [0.3, 0.4) is 0 Å². The molecule has 1 amide bonds. The lowest BCUT2D eigenvalue weighted by molar-refractivity contribution is -0.122. The normalized spacial score (nSPS) is 23.5. The van der Waals surface area contributed by atoms with Crippen molar-refractivity contribution in [3.8, 4) is 0 Å². The predicted molar refractivity (Wildman–Crippen MR) is 89.1 cm³/mol. The van der Waals surface area contributed by atoms with Gasteiger partial charge in [-0.1, -0.05) is 0 Å². The zero-order valence-corrected chi connectivity index (χ0v) is 14.0. The van der Waals surface area contributed by atoms with Crippen molar-refractivity contribution in [3.63, 3.8) is 0 Å². The van der Waals surface area contributed by atoms with Gasteiger partial charge in [0, 0.05) is 44.3 Å². The van der Waals surface area contributed by atoms with Gasteiger partial charge in [0.15, 0.2) is 0 Å². The van der Waals surface area contributed by atoms with Gasteiger partial charge in [-0.15, -0.1) is 0 Å². The standard InChI is InChI=1S/C17H25N5O2/c1-13-18-6-9-21(13)7-2-4-17(24)20-15-10-14(11-16(15)23)12-22-8-3-5-19-22/h3,5-6,8-9,14-16,23H,2,4,7,10-12H2,1H3,(H,20,24)/t14?,15-,16-/m1/s1. The number of nitrogens with zero attached hydrogens (tertiary/aromatic N) is 4. The first-order valence-electron chi connectivity index (χ1n) is 8.54. The van der Waals surface area contributed by atoms with Crippen molar-refractivity contribution >= 4 is 5.91 Å². The van der Waals surface area contributed by atoms with E-state index in [2.05, 4.69) is 15.4 Å². The first kappa shape index (κ1) is 16.7. The number of rotatable bonds is 7. The average Bonchev–Trinajstić information content (AvgIpc) is 3.25. The summed E-state index contributed by atoms with van der Waals surface area (Å²) in [4.78, 5) is 16.3. The molecule has 0 saturated heterocycles. The Kier molecular flexibility index (Phi) is 5.30. The third-order valence-corrected chi connectivity index (χ3v) is 4.70. The largest absolute Gasteiger partial charge is 0.391 e. The molecule has 3 atom stereocenters. The molecule has 0 aromatic carbocycles. The highest BCUT2D eigenvalue weighted by molar-refractivity contribution is 5.76. The summed E-state index contributed by atoms with van der Waals surface area (Å²) in [5.41, 5.74) is 0. The maximum Gasteiger partial charge on any atom is 0.220 e. The van der Waals surface area contributed by atoms with Gasteiger partial charge in [0.2, 0.25) is 5.91 Å². The van der Waals surface area contributed by atoms with E-state index in [0.717, 1.165) is 31.8 Å². The number of aliphatic hydroxyl groups is 1. The first-order chi connectivity index (χ1) is 11.6. The molecule has 24 heavy (non-hydrogen) atoms. The molecule has 0 bridgehead atoms. The number of aromatic nitrogens is 4. The Hall–Kier alpha value is -2.15. The van der Waals surface area contributed by atoms with Crippen LogP contribution in [0.15, 0.2) is 30.9 Å². The molecule has 1 aliphatic rings. The fourth-order valence-electron chi connectivity index (χ4n) is 3.42. The van der Waals surface area contributed by atoms with Crippen molar-refractivity contribution in [2.75, 3.05) is 0 Å². The van der Waals surface area contributed by atoms with Crippen molar-refractivity contribution in [1.82, 2.24) is 24.6 Å². The molecular weight excluding hydrogens is 306 g/mol. The van der Waals surface area contributed by atoms with Gasteiger partial charge < -0.3 is 15.0 Å². The molecule has 2 N–H and O–H groups in total. The zero-order valence-electron chi connectivity index (χ0n) is 14.0. The number of carbonyl (C=O) groups is 1. The topological polar surface area (TPSA) is 85.0 Å². The molecule has 0 aliphatic heterocycles. The monoisotopic (exact) mass is 331 g/mol. The van der Waals surface area contributed by atoms with E-state index < -0.39 is 6.10 Å². The lowest BCUT2D eigenvalue weighted by Gasteiger charge is -2.16. The summed E-state index contributed by atoms with van der Waals surface area (Å²) < 4.78 is 3.92. The minimum Gasteiger partial charge on any atom is -0.391 e. The number of imidazole rings is 1. The minimum absolute atomic E-state index is 0.0107. The molecule has 1 aliphatic carbocycles. The van der Waals surface area contributed by atoms with Crippen LogP contribution in [-0.4, -0.2) is 42.5 Å². The summed E-state index contributed by atoms with van der Waals surface area (Å²) >= 11 is 0. The Bertz CT molecular complexity index is 652. The van der Waals surface area contributed by atoms with Crippen LogP contribution < -0.4 is 5.32 Å². The third kappa shape index (κ3) is 4.23. The van der Waals surface area contributed by atoms with Crippen molar-refractivity contribution in [2.45, 2.75) is 57.8 Å². The van der Waals surface area contributed by atoms with Crippen molar-refractivity contribution in [1.29, 1.82) is 0 Å². The first-order valence-corrected chi connectivity index (χ1v) is 8.54. The Balaban J connectivity index is 1.40. The smallest absolute Gasteiger partial charge is 0.220 e. The second kappa shape index (κ2) is 7.61. The highest BCUT2D eigenvalue weighted by Crippen LogP contribution is 2.27. The van der Waals surface area contributed by atoms with E-state index in [4.69, 9.17) is 0 Å². The quantitative estimate of drug-likeness (QED) is 0.796. The number of aliphatic hydroxyl groups excluding tert-OH is 1. The highest BCUT2D eigenvalue weighted by atomic mass is 16.3. The Morgan fingerprint density at radius 3 is 2.96 bits per heavy atom. The molecule has 2 heterocycles. The highest BCUT2D eigenvalue weighted by Gasteiger charge is 2.33.